The number of nitrogens with one attached hydrogen (secondary N) is 1. The Balaban J connectivity index is 2.98. The lowest BCUT2D eigenvalue weighted by molar-refractivity contribution is -0.0429. The average molecular weight is 351 g/mol. The number of rotatable bonds is 2. The van der Waals surface area contributed by atoms with Gasteiger partial charge in [0.2, 0.25) is 0 Å². The van der Waals surface area contributed by atoms with Gasteiger partial charge in [-0.1, -0.05) is 6.07 Å². The van der Waals surface area contributed by atoms with Crippen molar-refractivity contribution in [1.29, 1.82) is 0 Å². The number of anilines is 1. The molecule has 0 atom stereocenters. The van der Waals surface area contributed by atoms with Crippen LogP contribution in [0.3, 0.4) is 0 Å². The highest BCUT2D eigenvalue weighted by Gasteiger charge is 2.45. The van der Waals surface area contributed by atoms with Gasteiger partial charge in [0.15, 0.2) is 0 Å². The van der Waals surface area contributed by atoms with Crippen molar-refractivity contribution < 1.29 is 21.6 Å². The molecule has 84 valence electrons. The SMILES string of the molecule is O=S(=O)(Nc1cccc(I)c1)C(F)(F)F. The van der Waals surface area contributed by atoms with Crippen LogP contribution in [-0.4, -0.2) is 13.9 Å². The van der Waals surface area contributed by atoms with E-state index in [-0.39, 0.29) is 5.69 Å². The Morgan fingerprint density at radius 1 is 1.27 bits per heavy atom. The molecule has 0 spiro atoms. The second-order valence-corrected chi connectivity index (χ2v) is 5.48. The van der Waals surface area contributed by atoms with Crippen LogP contribution in [0.4, 0.5) is 18.9 Å². The summed E-state index contributed by atoms with van der Waals surface area (Å²) in [6.45, 7) is 0. The van der Waals surface area contributed by atoms with Crippen LogP contribution in [0.25, 0.3) is 0 Å². The summed E-state index contributed by atoms with van der Waals surface area (Å²) in [5, 5.41) is 0. The summed E-state index contributed by atoms with van der Waals surface area (Å²) in [5.41, 5.74) is -5.41. The molecular formula is C7H5F3INO2S. The standard InChI is InChI=1S/C7H5F3INO2S/c8-7(9,10)15(13,14)12-6-3-1-2-5(11)4-6/h1-4,12H. The fourth-order valence-electron chi connectivity index (χ4n) is 0.765. The quantitative estimate of drug-likeness (QED) is 0.833. The van der Waals surface area contributed by atoms with E-state index < -0.39 is 15.5 Å². The highest BCUT2D eigenvalue weighted by atomic mass is 127. The van der Waals surface area contributed by atoms with Crippen LogP contribution in [-0.2, 0) is 10.0 Å². The van der Waals surface area contributed by atoms with E-state index in [0.717, 1.165) is 0 Å². The highest BCUT2D eigenvalue weighted by molar-refractivity contribution is 14.1. The van der Waals surface area contributed by atoms with Crippen LogP contribution in [0.5, 0.6) is 0 Å². The maximum atomic E-state index is 12.0. The number of alkyl halides is 3. The summed E-state index contributed by atoms with van der Waals surface area (Å²) in [6.07, 6.45) is 0. The molecule has 0 saturated carbocycles. The summed E-state index contributed by atoms with van der Waals surface area (Å²) >= 11 is 1.86. The van der Waals surface area contributed by atoms with Crippen LogP contribution in [0, 0.1) is 3.57 Å². The molecular weight excluding hydrogens is 346 g/mol. The van der Waals surface area contributed by atoms with E-state index in [9.17, 15) is 21.6 Å². The first kappa shape index (κ1) is 12.6. The summed E-state index contributed by atoms with van der Waals surface area (Å²) in [4.78, 5) is 0. The minimum Gasteiger partial charge on any atom is -0.276 e. The Hall–Kier alpha value is -0.510. The van der Waals surface area contributed by atoms with Gasteiger partial charge in [-0.15, -0.1) is 0 Å². The molecule has 0 aliphatic carbocycles. The highest BCUT2D eigenvalue weighted by Crippen LogP contribution is 2.25. The molecule has 0 bridgehead atoms. The van der Waals surface area contributed by atoms with Crippen LogP contribution in [0.1, 0.15) is 0 Å². The zero-order valence-corrected chi connectivity index (χ0v) is 10.0. The van der Waals surface area contributed by atoms with Crippen molar-refractivity contribution >= 4 is 38.3 Å². The maximum Gasteiger partial charge on any atom is 0.516 e. The van der Waals surface area contributed by atoms with Gasteiger partial charge in [0.1, 0.15) is 0 Å². The molecule has 8 heteroatoms. The third kappa shape index (κ3) is 3.23. The molecule has 0 amide bonds. The molecule has 1 aromatic rings. The van der Waals surface area contributed by atoms with Crippen LogP contribution >= 0.6 is 22.6 Å². The van der Waals surface area contributed by atoms with E-state index in [0.29, 0.717) is 3.57 Å². The van der Waals surface area contributed by atoms with Gasteiger partial charge in [0.05, 0.1) is 0 Å². The zero-order valence-electron chi connectivity index (χ0n) is 7.05. The van der Waals surface area contributed by atoms with Gasteiger partial charge in [-0.05, 0) is 40.8 Å². The normalized spacial score (nSPS) is 12.5. The molecule has 0 aliphatic heterocycles. The molecule has 0 aliphatic rings. The van der Waals surface area contributed by atoms with Gasteiger partial charge in [-0.25, -0.2) is 0 Å². The zero-order chi connectivity index (χ0) is 11.7. The minimum atomic E-state index is -5.32. The minimum absolute atomic E-state index is 0.112. The van der Waals surface area contributed by atoms with Crippen LogP contribution in [0.15, 0.2) is 24.3 Å². The van der Waals surface area contributed by atoms with Crippen LogP contribution < -0.4 is 4.72 Å². The number of hydrogen-bond donors (Lipinski definition) is 1. The summed E-state index contributed by atoms with van der Waals surface area (Å²) in [6, 6.07) is 5.62. The summed E-state index contributed by atoms with van der Waals surface area (Å²) in [5.74, 6) is 0. The molecule has 0 radical (unpaired) electrons. The van der Waals surface area contributed by atoms with Crippen molar-refractivity contribution in [3.8, 4) is 0 Å². The Kier molecular flexibility index (Phi) is 3.48. The average Bonchev–Trinajstić information content (AvgIpc) is 2.00. The van der Waals surface area contributed by atoms with Gasteiger partial charge in [-0.2, -0.15) is 21.6 Å². The van der Waals surface area contributed by atoms with E-state index in [1.165, 1.54) is 22.9 Å². The van der Waals surface area contributed by atoms with Crippen molar-refractivity contribution in [1.82, 2.24) is 0 Å². The first-order chi connectivity index (χ1) is 6.72. The summed E-state index contributed by atoms with van der Waals surface area (Å²) < 4.78 is 59.4. The first-order valence-electron chi connectivity index (χ1n) is 3.57. The molecule has 0 heterocycles. The predicted molar refractivity (Wildman–Crippen MR) is 57.8 cm³/mol. The van der Waals surface area contributed by atoms with E-state index in [2.05, 4.69) is 0 Å². The lowest BCUT2D eigenvalue weighted by atomic mass is 10.3. The van der Waals surface area contributed by atoms with Crippen molar-refractivity contribution in [2.24, 2.45) is 0 Å². The van der Waals surface area contributed by atoms with Crippen molar-refractivity contribution in [2.45, 2.75) is 5.51 Å². The number of hydrogen-bond acceptors (Lipinski definition) is 2. The smallest absolute Gasteiger partial charge is 0.276 e. The number of sulfonamides is 1. The number of halogens is 4. The lowest BCUT2D eigenvalue weighted by Gasteiger charge is -2.10. The predicted octanol–water partition coefficient (Wildman–Crippen LogP) is 2.55. The van der Waals surface area contributed by atoms with E-state index in [4.69, 9.17) is 0 Å². The fraction of sp³-hybridized carbons (Fsp3) is 0.143. The Bertz CT molecular complexity index is 458. The van der Waals surface area contributed by atoms with E-state index in [1.807, 2.05) is 22.6 Å². The Labute approximate surface area is 97.9 Å². The third-order valence-corrected chi connectivity index (χ3v) is 3.17. The van der Waals surface area contributed by atoms with Gasteiger partial charge in [0, 0.05) is 9.26 Å². The second-order valence-electron chi connectivity index (χ2n) is 2.56. The molecule has 0 saturated heterocycles. The van der Waals surface area contributed by atoms with Gasteiger partial charge in [0.25, 0.3) is 0 Å². The molecule has 3 nitrogen and oxygen atoms in total. The molecule has 0 fully saturated rings. The first-order valence-corrected chi connectivity index (χ1v) is 6.13. The maximum absolute atomic E-state index is 12.0. The molecule has 0 unspecified atom stereocenters. The van der Waals surface area contributed by atoms with Crippen LogP contribution in [0.2, 0.25) is 0 Å². The van der Waals surface area contributed by atoms with Gasteiger partial charge in [-0.3, -0.25) is 4.72 Å². The van der Waals surface area contributed by atoms with E-state index in [1.54, 1.807) is 6.07 Å². The topological polar surface area (TPSA) is 46.2 Å². The molecule has 1 rings (SSSR count). The molecule has 1 N–H and O–H groups in total. The van der Waals surface area contributed by atoms with Gasteiger partial charge >= 0.3 is 15.5 Å². The Morgan fingerprint density at radius 3 is 2.33 bits per heavy atom. The molecule has 0 aromatic heterocycles. The monoisotopic (exact) mass is 351 g/mol. The summed E-state index contributed by atoms with van der Waals surface area (Å²) in [7, 11) is -5.32. The fourth-order valence-corrected chi connectivity index (χ4v) is 1.86. The Morgan fingerprint density at radius 2 is 1.87 bits per heavy atom. The van der Waals surface area contributed by atoms with Crippen molar-refractivity contribution in [3.63, 3.8) is 0 Å². The van der Waals surface area contributed by atoms with E-state index >= 15 is 0 Å². The molecule has 1 aromatic carbocycles. The number of benzene rings is 1. The largest absolute Gasteiger partial charge is 0.516 e. The van der Waals surface area contributed by atoms with Gasteiger partial charge < -0.3 is 0 Å². The second kappa shape index (κ2) is 4.16. The van der Waals surface area contributed by atoms with Crippen molar-refractivity contribution in [2.75, 3.05) is 4.72 Å². The third-order valence-electron chi connectivity index (χ3n) is 1.38. The molecule has 15 heavy (non-hydrogen) atoms. The van der Waals surface area contributed by atoms with Crippen molar-refractivity contribution in [3.05, 3.63) is 27.8 Å². The lowest BCUT2D eigenvalue weighted by Crippen LogP contribution is -2.29.